The second-order valence-corrected chi connectivity index (χ2v) is 22.8. The highest BCUT2D eigenvalue weighted by molar-refractivity contribution is 5.76. The lowest BCUT2D eigenvalue weighted by Crippen LogP contribution is -2.45. The highest BCUT2D eigenvalue weighted by Gasteiger charge is 2.18. The van der Waals surface area contributed by atoms with Gasteiger partial charge in [-0.2, -0.15) is 0 Å². The molecule has 0 saturated heterocycles. The van der Waals surface area contributed by atoms with Crippen molar-refractivity contribution in [2.24, 2.45) is 0 Å². The third kappa shape index (κ3) is 59.4. The molecule has 0 aliphatic heterocycles. The first-order valence-corrected chi connectivity index (χ1v) is 33.1. The molecule has 6 nitrogen and oxygen atoms in total. The lowest BCUT2D eigenvalue weighted by atomic mass is 10.0. The van der Waals surface area contributed by atoms with E-state index in [9.17, 15) is 19.8 Å². The molecular weight excluding hydrogens is 899 g/mol. The summed E-state index contributed by atoms with van der Waals surface area (Å²) >= 11 is 0. The number of allylic oxidation sites excluding steroid dienone is 3. The van der Waals surface area contributed by atoms with Crippen LogP contribution in [0.2, 0.25) is 0 Å². The third-order valence-electron chi connectivity index (χ3n) is 15.5. The van der Waals surface area contributed by atoms with E-state index in [0.29, 0.717) is 19.4 Å². The molecule has 0 aliphatic carbocycles. The average Bonchev–Trinajstić information content (AvgIpc) is 3.39. The maximum Gasteiger partial charge on any atom is 0.305 e. The number of hydrogen-bond donors (Lipinski definition) is 3. The topological polar surface area (TPSA) is 95.9 Å². The van der Waals surface area contributed by atoms with Gasteiger partial charge in [0.15, 0.2) is 0 Å². The van der Waals surface area contributed by atoms with E-state index in [2.05, 4.69) is 31.3 Å². The quantitative estimate of drug-likeness (QED) is 0.0320. The van der Waals surface area contributed by atoms with Gasteiger partial charge in [-0.05, 0) is 57.8 Å². The molecule has 0 fully saturated rings. The molecule has 0 aromatic carbocycles. The van der Waals surface area contributed by atoms with Crippen LogP contribution in [-0.2, 0) is 14.3 Å². The predicted octanol–water partition coefficient (Wildman–Crippen LogP) is 21.0. The maximum absolute atomic E-state index is 12.5. The maximum atomic E-state index is 12.5. The molecular formula is C67H129NO5. The smallest absolute Gasteiger partial charge is 0.305 e. The van der Waals surface area contributed by atoms with Crippen molar-refractivity contribution in [3.05, 3.63) is 24.3 Å². The van der Waals surface area contributed by atoms with E-state index < -0.39 is 12.1 Å². The highest BCUT2D eigenvalue weighted by atomic mass is 16.5. The zero-order valence-corrected chi connectivity index (χ0v) is 49.4. The fourth-order valence-electron chi connectivity index (χ4n) is 10.4. The molecule has 2 unspecified atom stereocenters. The minimum atomic E-state index is -0.843. The molecule has 3 N–H and O–H groups in total. The van der Waals surface area contributed by atoms with Crippen molar-refractivity contribution in [3.8, 4) is 0 Å². The van der Waals surface area contributed by atoms with Gasteiger partial charge in [0.1, 0.15) is 0 Å². The summed E-state index contributed by atoms with van der Waals surface area (Å²) in [6.07, 6.45) is 78.1. The van der Waals surface area contributed by atoms with Crippen LogP contribution in [-0.4, -0.2) is 47.4 Å². The Hall–Kier alpha value is -1.66. The van der Waals surface area contributed by atoms with Gasteiger partial charge in [0.25, 0.3) is 0 Å². The number of esters is 1. The number of hydrogen-bond acceptors (Lipinski definition) is 5. The van der Waals surface area contributed by atoms with E-state index in [-0.39, 0.29) is 18.5 Å². The Morgan fingerprint density at radius 3 is 0.973 bits per heavy atom. The van der Waals surface area contributed by atoms with Crippen LogP contribution in [0.1, 0.15) is 367 Å². The van der Waals surface area contributed by atoms with E-state index in [0.717, 1.165) is 44.9 Å². The first-order chi connectivity index (χ1) is 36.0. The summed E-state index contributed by atoms with van der Waals surface area (Å²) < 4.78 is 5.50. The second-order valence-electron chi connectivity index (χ2n) is 22.8. The number of aliphatic hydroxyl groups excluding tert-OH is 2. The van der Waals surface area contributed by atoms with Gasteiger partial charge in [0.05, 0.1) is 25.4 Å². The van der Waals surface area contributed by atoms with Gasteiger partial charge in [-0.15, -0.1) is 0 Å². The normalized spacial score (nSPS) is 12.7. The number of unbranched alkanes of at least 4 members (excludes halogenated alkanes) is 49. The third-order valence-corrected chi connectivity index (χ3v) is 15.5. The van der Waals surface area contributed by atoms with E-state index in [1.54, 1.807) is 6.08 Å². The number of carbonyl (C=O) groups excluding carboxylic acids is 2. The molecule has 73 heavy (non-hydrogen) atoms. The van der Waals surface area contributed by atoms with Crippen LogP contribution >= 0.6 is 0 Å². The summed E-state index contributed by atoms with van der Waals surface area (Å²) in [7, 11) is 0. The molecule has 0 spiro atoms. The zero-order chi connectivity index (χ0) is 52.9. The van der Waals surface area contributed by atoms with Crippen LogP contribution in [0.3, 0.4) is 0 Å². The summed E-state index contributed by atoms with van der Waals surface area (Å²) in [6.45, 7) is 4.92. The molecule has 0 radical (unpaired) electrons. The van der Waals surface area contributed by atoms with Crippen LogP contribution in [0, 0.1) is 0 Å². The molecule has 0 saturated carbocycles. The number of carbonyl (C=O) groups is 2. The predicted molar refractivity (Wildman–Crippen MR) is 320 cm³/mol. The van der Waals surface area contributed by atoms with Gasteiger partial charge in [-0.3, -0.25) is 9.59 Å². The molecule has 0 aliphatic rings. The summed E-state index contributed by atoms with van der Waals surface area (Å²) in [6, 6.07) is -0.626. The van der Waals surface area contributed by atoms with Gasteiger partial charge in [-0.25, -0.2) is 0 Å². The van der Waals surface area contributed by atoms with E-state index >= 15 is 0 Å². The fourth-order valence-corrected chi connectivity index (χ4v) is 10.4. The van der Waals surface area contributed by atoms with Gasteiger partial charge < -0.3 is 20.3 Å². The Bertz CT molecular complexity index is 1140. The lowest BCUT2D eigenvalue weighted by molar-refractivity contribution is -0.143. The van der Waals surface area contributed by atoms with Crippen LogP contribution in [0.4, 0.5) is 0 Å². The van der Waals surface area contributed by atoms with Crippen molar-refractivity contribution in [1.82, 2.24) is 5.32 Å². The minimum absolute atomic E-state index is 0.0126. The molecule has 0 heterocycles. The SMILES string of the molecule is CCCCCCCCC/C=C\CCCCCCCCCC(=O)OCCCCCCCCCCCCCCCCCCCCCCCCCCC(=O)NC(CO)C(O)/C=C/CCCCCCCCCCCCCC. The minimum Gasteiger partial charge on any atom is -0.466 e. The van der Waals surface area contributed by atoms with Gasteiger partial charge in [0.2, 0.25) is 5.91 Å². The molecule has 0 rings (SSSR count). The zero-order valence-electron chi connectivity index (χ0n) is 49.4. The van der Waals surface area contributed by atoms with Crippen LogP contribution in [0.15, 0.2) is 24.3 Å². The Kier molecular flexibility index (Phi) is 61.4. The lowest BCUT2D eigenvalue weighted by Gasteiger charge is -2.20. The molecule has 2 atom stereocenters. The number of amides is 1. The molecule has 6 heteroatoms. The van der Waals surface area contributed by atoms with Gasteiger partial charge in [0, 0.05) is 12.8 Å². The first kappa shape index (κ1) is 71.3. The Morgan fingerprint density at radius 2 is 0.644 bits per heavy atom. The van der Waals surface area contributed by atoms with Gasteiger partial charge >= 0.3 is 5.97 Å². The van der Waals surface area contributed by atoms with Crippen LogP contribution < -0.4 is 5.32 Å². The summed E-state index contributed by atoms with van der Waals surface area (Å²) in [4.78, 5) is 24.6. The van der Waals surface area contributed by atoms with E-state index in [4.69, 9.17) is 4.74 Å². The molecule has 0 aromatic heterocycles. The number of rotatable bonds is 62. The average molecular weight is 1030 g/mol. The first-order valence-electron chi connectivity index (χ1n) is 33.1. The number of aliphatic hydroxyl groups is 2. The fraction of sp³-hybridized carbons (Fsp3) is 0.910. The summed E-state index contributed by atoms with van der Waals surface area (Å²) in [5, 5.41) is 23.1. The monoisotopic (exact) mass is 1030 g/mol. The highest BCUT2D eigenvalue weighted by Crippen LogP contribution is 2.18. The molecule has 0 aromatic rings. The molecule has 1 amide bonds. The number of nitrogens with one attached hydrogen (secondary N) is 1. The van der Waals surface area contributed by atoms with Crippen LogP contribution in [0.5, 0.6) is 0 Å². The van der Waals surface area contributed by atoms with Crippen molar-refractivity contribution in [3.63, 3.8) is 0 Å². The van der Waals surface area contributed by atoms with E-state index in [1.165, 1.54) is 295 Å². The van der Waals surface area contributed by atoms with Crippen molar-refractivity contribution in [2.75, 3.05) is 13.2 Å². The Balaban J connectivity index is 3.36. The van der Waals surface area contributed by atoms with Crippen molar-refractivity contribution in [1.29, 1.82) is 0 Å². The Morgan fingerprint density at radius 1 is 0.370 bits per heavy atom. The number of ether oxygens (including phenoxy) is 1. The largest absolute Gasteiger partial charge is 0.466 e. The summed E-state index contributed by atoms with van der Waals surface area (Å²) in [5.74, 6) is -0.0526. The van der Waals surface area contributed by atoms with E-state index in [1.807, 2.05) is 6.08 Å². The van der Waals surface area contributed by atoms with Crippen molar-refractivity contribution >= 4 is 11.9 Å². The molecule has 0 bridgehead atoms. The standard InChI is InChI=1S/C67H129NO5/c1-3-5-7-9-11-13-15-17-19-20-30-33-37-41-45-49-53-57-61-67(72)73-62-58-54-50-46-42-38-34-31-28-26-24-22-21-23-25-27-29-32-36-40-44-48-52-56-60-66(71)68-64(63-69)65(70)59-55-51-47-43-39-35-18-16-14-12-10-8-6-4-2/h19-20,55,59,64-65,69-70H,3-18,21-54,56-58,60-63H2,1-2H3,(H,68,71)/b20-19-,59-55+. The summed E-state index contributed by atoms with van der Waals surface area (Å²) in [5.41, 5.74) is 0. The second kappa shape index (κ2) is 62.9. The Labute approximate surface area is 456 Å². The van der Waals surface area contributed by atoms with Gasteiger partial charge in [-0.1, -0.05) is 321 Å². The molecule has 432 valence electrons. The van der Waals surface area contributed by atoms with Crippen LogP contribution in [0.25, 0.3) is 0 Å². The van der Waals surface area contributed by atoms with Crippen molar-refractivity contribution < 1.29 is 24.5 Å². The van der Waals surface area contributed by atoms with Crippen molar-refractivity contribution in [2.45, 2.75) is 379 Å².